The highest BCUT2D eigenvalue weighted by molar-refractivity contribution is 5.90. The van der Waals surface area contributed by atoms with E-state index in [1.54, 1.807) is 7.11 Å². The highest BCUT2D eigenvalue weighted by Crippen LogP contribution is 2.24. The van der Waals surface area contributed by atoms with Gasteiger partial charge in [-0.1, -0.05) is 26.0 Å². The van der Waals surface area contributed by atoms with E-state index < -0.39 is 0 Å². The van der Waals surface area contributed by atoms with E-state index in [-0.39, 0.29) is 17.9 Å². The van der Waals surface area contributed by atoms with Gasteiger partial charge < -0.3 is 15.4 Å². The summed E-state index contributed by atoms with van der Waals surface area (Å²) in [6.07, 6.45) is 1.72. The molecule has 2 amide bonds. The molecule has 1 aliphatic rings. The fourth-order valence-corrected chi connectivity index (χ4v) is 2.61. The van der Waals surface area contributed by atoms with E-state index >= 15 is 0 Å². The molecule has 1 aliphatic heterocycles. The average molecular weight is 304 g/mol. The Morgan fingerprint density at radius 3 is 2.82 bits per heavy atom. The van der Waals surface area contributed by atoms with Gasteiger partial charge in [-0.15, -0.1) is 0 Å². The smallest absolute Gasteiger partial charge is 0.242 e. The average Bonchev–Trinajstić information content (AvgIpc) is 2.93. The number of hydrogen-bond donors (Lipinski definition) is 2. The van der Waals surface area contributed by atoms with Crippen molar-refractivity contribution in [3.63, 3.8) is 0 Å². The lowest BCUT2D eigenvalue weighted by Gasteiger charge is -2.14. The highest BCUT2D eigenvalue weighted by Gasteiger charge is 2.26. The summed E-state index contributed by atoms with van der Waals surface area (Å²) in [5, 5.41) is 5.56. The second-order valence-corrected chi connectivity index (χ2v) is 5.93. The van der Waals surface area contributed by atoms with Crippen molar-refractivity contribution in [1.29, 1.82) is 0 Å². The molecule has 1 heterocycles. The minimum atomic E-state index is -0.378. The predicted molar refractivity (Wildman–Crippen MR) is 85.0 cm³/mol. The summed E-state index contributed by atoms with van der Waals surface area (Å²) in [6.45, 7) is 4.83. The van der Waals surface area contributed by atoms with Gasteiger partial charge >= 0.3 is 0 Å². The SMILES string of the molecule is COc1ccc(C(C)C)cc1CCNC(=O)C1CCC(=O)N1. The minimum absolute atomic E-state index is 0.0496. The molecule has 0 bridgehead atoms. The zero-order valence-corrected chi connectivity index (χ0v) is 13.4. The van der Waals surface area contributed by atoms with Gasteiger partial charge in [-0.05, 0) is 36.0 Å². The summed E-state index contributed by atoms with van der Waals surface area (Å²) in [4.78, 5) is 23.1. The molecule has 5 nitrogen and oxygen atoms in total. The minimum Gasteiger partial charge on any atom is -0.496 e. The lowest BCUT2D eigenvalue weighted by molar-refractivity contribution is -0.125. The third-order valence-corrected chi connectivity index (χ3v) is 3.98. The molecule has 120 valence electrons. The number of nitrogens with one attached hydrogen (secondary N) is 2. The van der Waals surface area contributed by atoms with Gasteiger partial charge in [-0.3, -0.25) is 9.59 Å². The predicted octanol–water partition coefficient (Wildman–Crippen LogP) is 1.76. The maximum Gasteiger partial charge on any atom is 0.242 e. The summed E-state index contributed by atoms with van der Waals surface area (Å²) in [7, 11) is 1.65. The van der Waals surface area contributed by atoms with E-state index in [9.17, 15) is 9.59 Å². The molecule has 22 heavy (non-hydrogen) atoms. The largest absolute Gasteiger partial charge is 0.496 e. The van der Waals surface area contributed by atoms with Crippen LogP contribution in [0.15, 0.2) is 18.2 Å². The molecule has 5 heteroatoms. The quantitative estimate of drug-likeness (QED) is 0.841. The molecule has 1 unspecified atom stereocenters. The first-order chi connectivity index (χ1) is 10.5. The Morgan fingerprint density at radius 1 is 1.45 bits per heavy atom. The maximum atomic E-state index is 12.0. The van der Waals surface area contributed by atoms with Gasteiger partial charge in [0.05, 0.1) is 7.11 Å². The number of benzene rings is 1. The first kappa shape index (κ1) is 16.3. The fraction of sp³-hybridized carbons (Fsp3) is 0.529. The van der Waals surface area contributed by atoms with Crippen LogP contribution in [0.1, 0.15) is 43.7 Å². The van der Waals surface area contributed by atoms with Crippen molar-refractivity contribution in [2.45, 2.75) is 45.1 Å². The van der Waals surface area contributed by atoms with Crippen LogP contribution >= 0.6 is 0 Å². The number of rotatable bonds is 6. The Balaban J connectivity index is 1.91. The van der Waals surface area contributed by atoms with Gasteiger partial charge in [-0.2, -0.15) is 0 Å². The Labute approximate surface area is 131 Å². The van der Waals surface area contributed by atoms with Crippen molar-refractivity contribution < 1.29 is 14.3 Å². The Bertz CT molecular complexity index is 555. The molecule has 1 aromatic carbocycles. The third kappa shape index (κ3) is 4.00. The molecule has 1 atom stereocenters. The lowest BCUT2D eigenvalue weighted by atomic mass is 9.99. The van der Waals surface area contributed by atoms with Crippen molar-refractivity contribution in [1.82, 2.24) is 10.6 Å². The molecule has 0 spiro atoms. The van der Waals surface area contributed by atoms with Crippen LogP contribution in [0.25, 0.3) is 0 Å². The van der Waals surface area contributed by atoms with E-state index in [2.05, 4.69) is 36.6 Å². The molecule has 0 saturated carbocycles. The zero-order chi connectivity index (χ0) is 16.1. The summed E-state index contributed by atoms with van der Waals surface area (Å²) >= 11 is 0. The van der Waals surface area contributed by atoms with Crippen LogP contribution in [0.2, 0.25) is 0 Å². The van der Waals surface area contributed by atoms with Crippen molar-refractivity contribution in [3.8, 4) is 5.75 Å². The number of carbonyl (C=O) groups is 2. The van der Waals surface area contributed by atoms with Gasteiger partial charge in [-0.25, -0.2) is 0 Å². The van der Waals surface area contributed by atoms with Crippen molar-refractivity contribution in [3.05, 3.63) is 29.3 Å². The maximum absolute atomic E-state index is 12.0. The van der Waals surface area contributed by atoms with Gasteiger partial charge in [0.25, 0.3) is 0 Å². The van der Waals surface area contributed by atoms with Crippen LogP contribution in [0.5, 0.6) is 5.75 Å². The van der Waals surface area contributed by atoms with Crippen LogP contribution in [0.4, 0.5) is 0 Å². The number of carbonyl (C=O) groups excluding carboxylic acids is 2. The molecule has 1 aromatic rings. The monoisotopic (exact) mass is 304 g/mol. The Kier molecular flexibility index (Phi) is 5.41. The Hall–Kier alpha value is -2.04. The van der Waals surface area contributed by atoms with E-state index in [1.165, 1.54) is 5.56 Å². The summed E-state index contributed by atoms with van der Waals surface area (Å²) < 4.78 is 5.38. The number of methoxy groups -OCH3 is 1. The summed E-state index contributed by atoms with van der Waals surface area (Å²) in [6, 6.07) is 5.80. The molecule has 0 aliphatic carbocycles. The molecule has 1 saturated heterocycles. The van der Waals surface area contributed by atoms with Crippen LogP contribution in [0.3, 0.4) is 0 Å². The molecule has 2 N–H and O–H groups in total. The number of amides is 2. The summed E-state index contributed by atoms with van der Waals surface area (Å²) in [5.74, 6) is 1.14. The second kappa shape index (κ2) is 7.29. The third-order valence-electron chi connectivity index (χ3n) is 3.98. The van der Waals surface area contributed by atoms with Crippen LogP contribution in [-0.4, -0.2) is 31.5 Å². The first-order valence-electron chi connectivity index (χ1n) is 7.75. The highest BCUT2D eigenvalue weighted by atomic mass is 16.5. The Morgan fingerprint density at radius 2 is 2.23 bits per heavy atom. The lowest BCUT2D eigenvalue weighted by Crippen LogP contribution is -2.42. The normalized spacial score (nSPS) is 17.5. The number of hydrogen-bond acceptors (Lipinski definition) is 3. The van der Waals surface area contributed by atoms with E-state index in [0.29, 0.717) is 31.7 Å². The van der Waals surface area contributed by atoms with Gasteiger partial charge in [0.2, 0.25) is 11.8 Å². The molecule has 0 radical (unpaired) electrons. The van der Waals surface area contributed by atoms with E-state index in [4.69, 9.17) is 4.74 Å². The molecule has 2 rings (SSSR count). The van der Waals surface area contributed by atoms with Gasteiger partial charge in [0, 0.05) is 13.0 Å². The van der Waals surface area contributed by atoms with Crippen LogP contribution in [-0.2, 0) is 16.0 Å². The molecular formula is C17H24N2O3. The molecule has 1 fully saturated rings. The van der Waals surface area contributed by atoms with E-state index in [0.717, 1.165) is 11.3 Å². The van der Waals surface area contributed by atoms with Gasteiger partial charge in [0.15, 0.2) is 0 Å². The zero-order valence-electron chi connectivity index (χ0n) is 13.4. The first-order valence-corrected chi connectivity index (χ1v) is 7.75. The van der Waals surface area contributed by atoms with Crippen LogP contribution < -0.4 is 15.4 Å². The second-order valence-electron chi connectivity index (χ2n) is 5.93. The fourth-order valence-electron chi connectivity index (χ4n) is 2.61. The topological polar surface area (TPSA) is 67.4 Å². The van der Waals surface area contributed by atoms with Crippen molar-refractivity contribution in [2.75, 3.05) is 13.7 Å². The van der Waals surface area contributed by atoms with Crippen molar-refractivity contribution in [2.24, 2.45) is 0 Å². The standard InChI is InChI=1S/C17H24N2O3/c1-11(2)12-4-6-15(22-3)13(10-12)8-9-18-17(21)14-5-7-16(20)19-14/h4,6,10-11,14H,5,7-9H2,1-3H3,(H,18,21)(H,19,20). The van der Waals surface area contributed by atoms with Crippen LogP contribution in [0, 0.1) is 0 Å². The molecule has 0 aromatic heterocycles. The van der Waals surface area contributed by atoms with E-state index in [1.807, 2.05) is 6.07 Å². The summed E-state index contributed by atoms with van der Waals surface area (Å²) in [5.41, 5.74) is 2.34. The van der Waals surface area contributed by atoms with Gasteiger partial charge in [0.1, 0.15) is 11.8 Å². The van der Waals surface area contributed by atoms with Crippen molar-refractivity contribution >= 4 is 11.8 Å². The molecular weight excluding hydrogens is 280 g/mol. The number of ether oxygens (including phenoxy) is 1.